The maximum absolute atomic E-state index is 12.4. The predicted octanol–water partition coefficient (Wildman–Crippen LogP) is 3.15. The van der Waals surface area contributed by atoms with E-state index in [1.807, 2.05) is 19.9 Å². The predicted molar refractivity (Wildman–Crippen MR) is 103 cm³/mol. The zero-order valence-corrected chi connectivity index (χ0v) is 15.6. The van der Waals surface area contributed by atoms with Crippen LogP contribution in [0.3, 0.4) is 0 Å². The molecule has 7 nitrogen and oxygen atoms in total. The Morgan fingerprint density at radius 1 is 0.926 bits per heavy atom. The molecule has 1 amide bonds. The number of carbonyl (C=O) groups is 1. The van der Waals surface area contributed by atoms with Gasteiger partial charge in [0.1, 0.15) is 0 Å². The Bertz CT molecular complexity index is 1050. The molecule has 3 aromatic rings. The van der Waals surface area contributed by atoms with Crippen molar-refractivity contribution in [2.24, 2.45) is 0 Å². The number of hydrogen-bond acceptors (Lipinski definition) is 5. The molecule has 0 radical (unpaired) electrons. The molecule has 0 aliphatic carbocycles. The number of benzene rings is 2. The highest BCUT2D eigenvalue weighted by atomic mass is 32.2. The molecule has 0 saturated carbocycles. The Morgan fingerprint density at radius 2 is 1.52 bits per heavy atom. The van der Waals surface area contributed by atoms with Gasteiger partial charge in [-0.1, -0.05) is 17.2 Å². The Balaban J connectivity index is 1.74. The molecule has 2 N–H and O–H groups in total. The smallest absolute Gasteiger partial charge is 0.264 e. The largest absolute Gasteiger partial charge is 0.322 e. The summed E-state index contributed by atoms with van der Waals surface area (Å²) >= 11 is 0. The zero-order valence-electron chi connectivity index (χ0n) is 14.8. The van der Waals surface area contributed by atoms with Crippen molar-refractivity contribution in [1.29, 1.82) is 0 Å². The van der Waals surface area contributed by atoms with Gasteiger partial charge in [-0.05, 0) is 56.3 Å². The number of rotatable bonds is 5. The molecule has 8 heteroatoms. The van der Waals surface area contributed by atoms with Crippen LogP contribution in [0.2, 0.25) is 0 Å². The van der Waals surface area contributed by atoms with E-state index in [2.05, 4.69) is 20.0 Å². The lowest BCUT2D eigenvalue weighted by atomic mass is 10.1. The van der Waals surface area contributed by atoms with Crippen LogP contribution < -0.4 is 10.0 Å². The minimum absolute atomic E-state index is 0.00954. The number of aryl methyl sites for hydroxylation is 2. The summed E-state index contributed by atoms with van der Waals surface area (Å²) in [4.78, 5) is 20.1. The van der Waals surface area contributed by atoms with Gasteiger partial charge in [0.2, 0.25) is 5.95 Å². The third kappa shape index (κ3) is 4.68. The molecule has 0 aliphatic rings. The summed E-state index contributed by atoms with van der Waals surface area (Å²) in [6.45, 7) is 3.85. The van der Waals surface area contributed by atoms with Gasteiger partial charge in [-0.25, -0.2) is 23.1 Å². The first kappa shape index (κ1) is 18.5. The second-order valence-corrected chi connectivity index (χ2v) is 7.72. The first-order valence-electron chi connectivity index (χ1n) is 8.13. The van der Waals surface area contributed by atoms with Crippen LogP contribution in [0, 0.1) is 13.8 Å². The number of anilines is 2. The third-order valence-electron chi connectivity index (χ3n) is 3.70. The second-order valence-electron chi connectivity index (χ2n) is 6.03. The van der Waals surface area contributed by atoms with Crippen molar-refractivity contribution in [3.05, 3.63) is 77.6 Å². The minimum Gasteiger partial charge on any atom is -0.322 e. The van der Waals surface area contributed by atoms with E-state index < -0.39 is 10.0 Å². The van der Waals surface area contributed by atoms with E-state index in [1.165, 1.54) is 36.7 Å². The van der Waals surface area contributed by atoms with Gasteiger partial charge in [-0.15, -0.1) is 0 Å². The molecule has 0 unspecified atom stereocenters. The van der Waals surface area contributed by atoms with E-state index in [1.54, 1.807) is 18.2 Å². The summed E-state index contributed by atoms with van der Waals surface area (Å²) in [5.74, 6) is -0.266. The van der Waals surface area contributed by atoms with Crippen LogP contribution in [0.15, 0.2) is 65.8 Å². The van der Waals surface area contributed by atoms with Gasteiger partial charge in [0.25, 0.3) is 15.9 Å². The lowest BCUT2D eigenvalue weighted by molar-refractivity contribution is 0.102. The first-order chi connectivity index (χ1) is 12.8. The quantitative estimate of drug-likeness (QED) is 0.706. The molecule has 0 bridgehead atoms. The van der Waals surface area contributed by atoms with Crippen LogP contribution in [0.5, 0.6) is 0 Å². The zero-order chi connectivity index (χ0) is 19.4. The van der Waals surface area contributed by atoms with E-state index in [4.69, 9.17) is 0 Å². The Kier molecular flexibility index (Phi) is 5.18. The molecule has 1 aromatic heterocycles. The van der Waals surface area contributed by atoms with E-state index in [0.29, 0.717) is 11.3 Å². The van der Waals surface area contributed by atoms with E-state index in [9.17, 15) is 13.2 Å². The summed E-state index contributed by atoms with van der Waals surface area (Å²) in [7, 11) is -3.81. The number of hydrogen-bond donors (Lipinski definition) is 2. The summed E-state index contributed by atoms with van der Waals surface area (Å²) in [6, 6.07) is 13.0. The molecule has 27 heavy (non-hydrogen) atoms. The highest BCUT2D eigenvalue weighted by Gasteiger charge is 2.15. The molecule has 0 saturated heterocycles. The summed E-state index contributed by atoms with van der Waals surface area (Å²) in [6.07, 6.45) is 2.88. The minimum atomic E-state index is -3.81. The molecular formula is C19H18N4O3S. The fraction of sp³-hybridized carbons (Fsp3) is 0.105. The van der Waals surface area contributed by atoms with Gasteiger partial charge in [-0.3, -0.25) is 4.79 Å². The Hall–Kier alpha value is -3.26. The maximum Gasteiger partial charge on any atom is 0.264 e. The van der Waals surface area contributed by atoms with Crippen molar-refractivity contribution < 1.29 is 13.2 Å². The summed E-state index contributed by atoms with van der Waals surface area (Å²) in [5, 5.41) is 2.76. The Morgan fingerprint density at radius 3 is 2.11 bits per heavy atom. The third-order valence-corrected chi connectivity index (χ3v) is 5.04. The molecule has 0 atom stereocenters. The molecule has 0 aliphatic heterocycles. The Labute approximate surface area is 157 Å². The van der Waals surface area contributed by atoms with Crippen LogP contribution in [0.4, 0.5) is 11.6 Å². The van der Waals surface area contributed by atoms with Crippen LogP contribution in [0.1, 0.15) is 21.5 Å². The highest BCUT2D eigenvalue weighted by Crippen LogP contribution is 2.17. The van der Waals surface area contributed by atoms with Crippen molar-refractivity contribution in [3.63, 3.8) is 0 Å². The molecule has 0 spiro atoms. The van der Waals surface area contributed by atoms with Crippen molar-refractivity contribution in [3.8, 4) is 0 Å². The van der Waals surface area contributed by atoms with Gasteiger partial charge in [0.15, 0.2) is 0 Å². The van der Waals surface area contributed by atoms with Crippen LogP contribution in [0.25, 0.3) is 0 Å². The second kappa shape index (κ2) is 7.55. The maximum atomic E-state index is 12.4. The normalized spacial score (nSPS) is 11.0. The van der Waals surface area contributed by atoms with Crippen LogP contribution >= 0.6 is 0 Å². The first-order valence-corrected chi connectivity index (χ1v) is 9.61. The number of aromatic nitrogens is 2. The fourth-order valence-electron chi connectivity index (χ4n) is 2.56. The average Bonchev–Trinajstić information content (AvgIpc) is 2.62. The number of amides is 1. The lowest BCUT2D eigenvalue weighted by Crippen LogP contribution is -2.15. The van der Waals surface area contributed by atoms with Gasteiger partial charge >= 0.3 is 0 Å². The van der Waals surface area contributed by atoms with Crippen molar-refractivity contribution in [1.82, 2.24) is 9.97 Å². The van der Waals surface area contributed by atoms with E-state index in [-0.39, 0.29) is 16.8 Å². The van der Waals surface area contributed by atoms with Gasteiger partial charge in [0, 0.05) is 23.6 Å². The van der Waals surface area contributed by atoms with Gasteiger partial charge in [0.05, 0.1) is 4.90 Å². The van der Waals surface area contributed by atoms with Crippen molar-refractivity contribution >= 4 is 27.6 Å². The topological polar surface area (TPSA) is 101 Å². The summed E-state index contributed by atoms with van der Waals surface area (Å²) < 4.78 is 27.0. The van der Waals surface area contributed by atoms with Crippen LogP contribution in [-0.2, 0) is 10.0 Å². The van der Waals surface area contributed by atoms with Gasteiger partial charge in [-0.2, -0.15) is 0 Å². The molecular weight excluding hydrogens is 364 g/mol. The molecule has 0 fully saturated rings. The SMILES string of the molecule is Cc1cc(C)cc(C(=O)Nc2ccc(S(=O)(=O)Nc3ncccn3)cc2)c1. The number of sulfonamides is 1. The van der Waals surface area contributed by atoms with Crippen molar-refractivity contribution in [2.75, 3.05) is 10.0 Å². The molecule has 138 valence electrons. The number of nitrogens with zero attached hydrogens (tertiary/aromatic N) is 2. The van der Waals surface area contributed by atoms with Crippen molar-refractivity contribution in [2.45, 2.75) is 18.7 Å². The van der Waals surface area contributed by atoms with E-state index in [0.717, 1.165) is 11.1 Å². The number of nitrogens with one attached hydrogen (secondary N) is 2. The highest BCUT2D eigenvalue weighted by molar-refractivity contribution is 7.92. The average molecular weight is 382 g/mol. The monoisotopic (exact) mass is 382 g/mol. The molecule has 1 heterocycles. The van der Waals surface area contributed by atoms with Gasteiger partial charge < -0.3 is 5.32 Å². The number of carbonyl (C=O) groups excluding carboxylic acids is 1. The molecule has 3 rings (SSSR count). The van der Waals surface area contributed by atoms with E-state index >= 15 is 0 Å². The summed E-state index contributed by atoms with van der Waals surface area (Å²) in [5.41, 5.74) is 3.03. The molecule has 2 aromatic carbocycles. The standard InChI is InChI=1S/C19H18N4O3S/c1-13-10-14(2)12-15(11-13)18(24)22-16-4-6-17(7-5-16)27(25,26)23-19-20-8-3-9-21-19/h3-12H,1-2H3,(H,22,24)(H,20,21,23). The van der Waals surface area contributed by atoms with Crippen LogP contribution in [-0.4, -0.2) is 24.3 Å². The lowest BCUT2D eigenvalue weighted by Gasteiger charge is -2.09. The fourth-order valence-corrected chi connectivity index (χ4v) is 3.52.